The Morgan fingerprint density at radius 1 is 1.36 bits per heavy atom. The molecule has 2 heterocycles. The lowest BCUT2D eigenvalue weighted by atomic mass is 10.4. The monoisotopic (exact) mass is 201 g/mol. The number of aromatic nitrogens is 2. The molecule has 0 aliphatic rings. The minimum Gasteiger partial charge on any atom is -0.397 e. The molecule has 3 nitrogen and oxygen atoms in total. The molecular formula is C8H6F3N3. The van der Waals surface area contributed by atoms with Crippen LogP contribution in [-0.2, 0) is 0 Å². The zero-order chi connectivity index (χ0) is 10.3. The number of nitrogens with two attached hydrogens (primary N) is 1. The molecule has 0 aromatic carbocycles. The Morgan fingerprint density at radius 3 is 2.71 bits per heavy atom. The first-order valence-electron chi connectivity index (χ1n) is 3.79. The van der Waals surface area contributed by atoms with Gasteiger partial charge in [-0.05, 0) is 0 Å². The molecular weight excluding hydrogens is 195 g/mol. The second-order valence-corrected chi connectivity index (χ2v) is 2.82. The first-order chi connectivity index (χ1) is 6.58. The van der Waals surface area contributed by atoms with Gasteiger partial charge in [-0.25, -0.2) is 18.2 Å². The van der Waals surface area contributed by atoms with E-state index in [1.165, 1.54) is 6.20 Å². The molecule has 2 rings (SSSR count). The predicted molar refractivity (Wildman–Crippen MR) is 44.5 cm³/mol. The molecule has 0 radical (unpaired) electrons. The number of pyridine rings is 1. The van der Waals surface area contributed by atoms with Crippen molar-refractivity contribution in [2.24, 2.45) is 0 Å². The second-order valence-electron chi connectivity index (χ2n) is 2.82. The Balaban J connectivity index is 2.70. The van der Waals surface area contributed by atoms with Crippen LogP contribution in [0.3, 0.4) is 0 Å². The molecule has 0 saturated carbocycles. The average Bonchev–Trinajstić information content (AvgIpc) is 2.47. The molecule has 0 spiro atoms. The fourth-order valence-electron chi connectivity index (χ4n) is 1.20. The van der Waals surface area contributed by atoms with Crippen LogP contribution in [0.1, 0.15) is 12.1 Å². The molecule has 0 bridgehead atoms. The van der Waals surface area contributed by atoms with Crippen molar-refractivity contribution < 1.29 is 13.2 Å². The van der Waals surface area contributed by atoms with E-state index in [2.05, 4.69) is 4.98 Å². The maximum atomic E-state index is 13.1. The number of nitrogen functional groups attached to an aromatic ring is 1. The highest BCUT2D eigenvalue weighted by Crippen LogP contribution is 2.20. The molecule has 0 amide bonds. The molecule has 0 atom stereocenters. The van der Waals surface area contributed by atoms with E-state index in [0.29, 0.717) is 0 Å². The summed E-state index contributed by atoms with van der Waals surface area (Å²) < 4.78 is 38.7. The largest absolute Gasteiger partial charge is 0.397 e. The molecule has 0 fully saturated rings. The van der Waals surface area contributed by atoms with Gasteiger partial charge in [-0.3, -0.25) is 0 Å². The lowest BCUT2D eigenvalue weighted by Crippen LogP contribution is -1.93. The van der Waals surface area contributed by atoms with Gasteiger partial charge in [-0.15, -0.1) is 0 Å². The highest BCUT2D eigenvalue weighted by molar-refractivity contribution is 5.49. The number of hydrogen-bond donors (Lipinski definition) is 1. The minimum atomic E-state index is -2.71. The molecule has 2 N–H and O–H groups in total. The van der Waals surface area contributed by atoms with Crippen LogP contribution in [0.4, 0.5) is 18.9 Å². The van der Waals surface area contributed by atoms with Gasteiger partial charge in [-0.1, -0.05) is 0 Å². The van der Waals surface area contributed by atoms with E-state index in [-0.39, 0.29) is 11.3 Å². The Labute approximate surface area is 77.0 Å². The van der Waals surface area contributed by atoms with Gasteiger partial charge >= 0.3 is 0 Å². The highest BCUT2D eigenvalue weighted by Gasteiger charge is 2.14. The molecule has 0 saturated heterocycles. The Kier molecular flexibility index (Phi) is 1.83. The minimum absolute atomic E-state index is 0.144. The van der Waals surface area contributed by atoms with E-state index < -0.39 is 17.9 Å². The van der Waals surface area contributed by atoms with Crippen molar-refractivity contribution in [2.75, 3.05) is 5.73 Å². The van der Waals surface area contributed by atoms with E-state index in [0.717, 1.165) is 16.7 Å². The molecule has 14 heavy (non-hydrogen) atoms. The molecule has 74 valence electrons. The summed E-state index contributed by atoms with van der Waals surface area (Å²) in [6.07, 6.45) is -0.327. The SMILES string of the molecule is Nc1cc(F)c2nc(C(F)F)cn2c1. The normalized spacial score (nSPS) is 11.4. The molecule has 2 aromatic heterocycles. The smallest absolute Gasteiger partial charge is 0.281 e. The Morgan fingerprint density at radius 2 is 2.07 bits per heavy atom. The molecule has 6 heteroatoms. The number of anilines is 1. The second kappa shape index (κ2) is 2.90. The highest BCUT2D eigenvalue weighted by atomic mass is 19.3. The van der Waals surface area contributed by atoms with Gasteiger partial charge in [0.15, 0.2) is 11.5 Å². The van der Waals surface area contributed by atoms with E-state index in [1.807, 2.05) is 0 Å². The predicted octanol–water partition coefficient (Wildman–Crippen LogP) is 1.99. The maximum absolute atomic E-state index is 13.1. The van der Waals surface area contributed by atoms with Crippen molar-refractivity contribution in [3.8, 4) is 0 Å². The molecule has 0 unspecified atom stereocenters. The van der Waals surface area contributed by atoms with Crippen molar-refractivity contribution in [3.63, 3.8) is 0 Å². The van der Waals surface area contributed by atoms with Crippen molar-refractivity contribution in [2.45, 2.75) is 6.43 Å². The van der Waals surface area contributed by atoms with Crippen molar-refractivity contribution in [1.29, 1.82) is 0 Å². The van der Waals surface area contributed by atoms with Gasteiger partial charge in [0.2, 0.25) is 0 Å². The Hall–Kier alpha value is -1.72. The third-order valence-electron chi connectivity index (χ3n) is 1.77. The number of nitrogens with zero attached hydrogens (tertiary/aromatic N) is 2. The van der Waals surface area contributed by atoms with E-state index in [1.54, 1.807) is 0 Å². The van der Waals surface area contributed by atoms with Crippen molar-refractivity contribution in [1.82, 2.24) is 9.38 Å². The van der Waals surface area contributed by atoms with Crippen LogP contribution >= 0.6 is 0 Å². The van der Waals surface area contributed by atoms with Gasteiger partial charge in [-0.2, -0.15) is 0 Å². The third-order valence-corrected chi connectivity index (χ3v) is 1.77. The summed E-state index contributed by atoms with van der Waals surface area (Å²) in [5.74, 6) is -0.711. The number of rotatable bonds is 1. The summed E-state index contributed by atoms with van der Waals surface area (Å²) in [6, 6.07) is 1.04. The first kappa shape index (κ1) is 8.86. The zero-order valence-corrected chi connectivity index (χ0v) is 6.92. The number of hydrogen-bond acceptors (Lipinski definition) is 2. The number of imidazole rings is 1. The van der Waals surface area contributed by atoms with E-state index in [9.17, 15) is 13.2 Å². The van der Waals surface area contributed by atoms with Crippen LogP contribution in [-0.4, -0.2) is 9.38 Å². The summed E-state index contributed by atoms with van der Waals surface area (Å²) in [5, 5.41) is 0. The van der Waals surface area contributed by atoms with Crippen LogP contribution < -0.4 is 5.73 Å². The molecule has 0 aliphatic heterocycles. The lowest BCUT2D eigenvalue weighted by Gasteiger charge is -1.96. The van der Waals surface area contributed by atoms with Gasteiger partial charge in [0.25, 0.3) is 6.43 Å². The van der Waals surface area contributed by atoms with Crippen LogP contribution in [0.25, 0.3) is 5.65 Å². The van der Waals surface area contributed by atoms with Crippen LogP contribution in [0, 0.1) is 5.82 Å². The number of alkyl halides is 2. The maximum Gasteiger partial charge on any atom is 0.281 e. The van der Waals surface area contributed by atoms with Crippen molar-refractivity contribution >= 4 is 11.3 Å². The first-order valence-corrected chi connectivity index (χ1v) is 3.79. The van der Waals surface area contributed by atoms with Crippen molar-refractivity contribution in [3.05, 3.63) is 30.0 Å². The molecule has 0 aliphatic carbocycles. The summed E-state index contributed by atoms with van der Waals surface area (Å²) in [7, 11) is 0. The fraction of sp³-hybridized carbons (Fsp3) is 0.125. The van der Waals surface area contributed by atoms with Crippen LogP contribution in [0.5, 0.6) is 0 Å². The summed E-state index contributed by atoms with van der Waals surface area (Å²) in [6.45, 7) is 0. The zero-order valence-electron chi connectivity index (χ0n) is 6.92. The number of halogens is 3. The fourth-order valence-corrected chi connectivity index (χ4v) is 1.20. The third kappa shape index (κ3) is 1.28. The van der Waals surface area contributed by atoms with Gasteiger partial charge in [0.05, 0.1) is 5.69 Å². The number of fused-ring (bicyclic) bond motifs is 1. The van der Waals surface area contributed by atoms with Gasteiger partial charge in [0, 0.05) is 18.5 Å². The summed E-state index contributed by atoms with van der Waals surface area (Å²) in [5.41, 5.74) is 4.89. The van der Waals surface area contributed by atoms with E-state index in [4.69, 9.17) is 5.73 Å². The average molecular weight is 201 g/mol. The van der Waals surface area contributed by atoms with Crippen LogP contribution in [0.2, 0.25) is 0 Å². The molecule has 2 aromatic rings. The van der Waals surface area contributed by atoms with Gasteiger partial charge in [0.1, 0.15) is 5.69 Å². The van der Waals surface area contributed by atoms with Crippen LogP contribution in [0.15, 0.2) is 18.5 Å². The lowest BCUT2D eigenvalue weighted by molar-refractivity contribution is 0.147. The topological polar surface area (TPSA) is 43.3 Å². The summed E-state index contributed by atoms with van der Waals surface area (Å²) in [4.78, 5) is 3.44. The van der Waals surface area contributed by atoms with Gasteiger partial charge < -0.3 is 10.1 Å². The quantitative estimate of drug-likeness (QED) is 0.766. The standard InChI is InChI=1S/C8H6F3N3/c9-5-1-4(12)2-14-3-6(7(10)11)13-8(5)14/h1-3,7H,12H2. The Bertz CT molecular complexity index is 478. The van der Waals surface area contributed by atoms with E-state index >= 15 is 0 Å². The summed E-state index contributed by atoms with van der Waals surface area (Å²) >= 11 is 0.